The molecule has 3 amide bonds. The Kier molecular flexibility index (Phi) is 3.22. The van der Waals surface area contributed by atoms with Crippen molar-refractivity contribution in [2.24, 2.45) is 0 Å². The van der Waals surface area contributed by atoms with E-state index >= 15 is 0 Å². The summed E-state index contributed by atoms with van der Waals surface area (Å²) >= 11 is 0. The molecule has 0 bridgehead atoms. The molecule has 94 valence electrons. The van der Waals surface area contributed by atoms with Gasteiger partial charge in [0, 0.05) is 25.2 Å². The van der Waals surface area contributed by atoms with Crippen LogP contribution in [0.15, 0.2) is 23.1 Å². The third kappa shape index (κ3) is 2.29. The molecule has 7 heteroatoms. The molecule has 1 N–H and O–H groups in total. The summed E-state index contributed by atoms with van der Waals surface area (Å²) in [5, 5.41) is 2.19. The number of imide groups is 1. The smallest absolute Gasteiger partial charge is 0.306 e. The Morgan fingerprint density at radius 1 is 1.28 bits per heavy atom. The number of urea groups is 1. The van der Waals surface area contributed by atoms with E-state index in [0.29, 0.717) is 12.0 Å². The van der Waals surface area contributed by atoms with Crippen LogP contribution in [0, 0.1) is 0 Å². The number of pyridine rings is 1. The van der Waals surface area contributed by atoms with Crippen LogP contribution in [0.25, 0.3) is 0 Å². The predicted molar refractivity (Wildman–Crippen MR) is 62.3 cm³/mol. The third-order valence-corrected chi connectivity index (χ3v) is 2.60. The highest BCUT2D eigenvalue weighted by Gasteiger charge is 2.24. The van der Waals surface area contributed by atoms with Crippen molar-refractivity contribution < 1.29 is 14.4 Å². The summed E-state index contributed by atoms with van der Waals surface area (Å²) in [7, 11) is 0. The lowest BCUT2D eigenvalue weighted by molar-refractivity contribution is -0.120. The zero-order valence-electron chi connectivity index (χ0n) is 9.46. The van der Waals surface area contributed by atoms with Gasteiger partial charge in [-0.2, -0.15) is 0 Å². The Bertz CT molecular complexity index is 564. The van der Waals surface area contributed by atoms with Gasteiger partial charge in [0.1, 0.15) is 6.29 Å². The number of anilines is 1. The van der Waals surface area contributed by atoms with Gasteiger partial charge in [-0.1, -0.05) is 0 Å². The summed E-state index contributed by atoms with van der Waals surface area (Å²) in [5.41, 5.74) is 0.154. The number of nitrogens with one attached hydrogen (secondary N) is 1. The number of nitrogens with zero attached hydrogens (tertiary/aromatic N) is 2. The maximum Gasteiger partial charge on any atom is 0.328 e. The molecule has 0 unspecified atom stereocenters. The van der Waals surface area contributed by atoms with Crippen molar-refractivity contribution in [3.63, 3.8) is 0 Å². The molecule has 7 nitrogen and oxygen atoms in total. The molecule has 1 fully saturated rings. The van der Waals surface area contributed by atoms with E-state index in [4.69, 9.17) is 0 Å². The third-order valence-electron chi connectivity index (χ3n) is 2.60. The fourth-order valence-electron chi connectivity index (χ4n) is 1.71. The molecule has 1 saturated heterocycles. The number of rotatable bonds is 3. The standard InChI is InChI=1S/C11H11N3O4/c15-6-5-13-7-8(1-2-10(13)17)14-4-3-9(16)12-11(14)18/h1-2,6-7H,3-5H2,(H,12,16,18). The SMILES string of the molecule is O=CCn1cc(N2CCC(=O)NC2=O)ccc1=O. The van der Waals surface area contributed by atoms with E-state index in [0.717, 1.165) is 0 Å². The molecular weight excluding hydrogens is 238 g/mol. The first-order valence-corrected chi connectivity index (χ1v) is 5.37. The molecule has 0 atom stereocenters. The van der Waals surface area contributed by atoms with Gasteiger partial charge in [0.2, 0.25) is 5.91 Å². The second-order valence-corrected chi connectivity index (χ2v) is 3.80. The number of aromatic nitrogens is 1. The lowest BCUT2D eigenvalue weighted by Gasteiger charge is -2.26. The first-order valence-electron chi connectivity index (χ1n) is 5.37. The molecular formula is C11H11N3O4. The van der Waals surface area contributed by atoms with Gasteiger partial charge in [-0.05, 0) is 6.07 Å². The molecule has 2 heterocycles. The molecule has 0 radical (unpaired) electrons. The van der Waals surface area contributed by atoms with Gasteiger partial charge in [-0.15, -0.1) is 0 Å². The average molecular weight is 249 g/mol. The van der Waals surface area contributed by atoms with Crippen molar-refractivity contribution in [2.45, 2.75) is 13.0 Å². The van der Waals surface area contributed by atoms with E-state index in [-0.39, 0.29) is 31.0 Å². The van der Waals surface area contributed by atoms with Crippen LogP contribution in [0.3, 0.4) is 0 Å². The lowest BCUT2D eigenvalue weighted by Crippen LogP contribution is -2.49. The normalized spacial score (nSPS) is 15.4. The van der Waals surface area contributed by atoms with Crippen molar-refractivity contribution in [1.29, 1.82) is 0 Å². The maximum atomic E-state index is 11.6. The zero-order chi connectivity index (χ0) is 13.1. The first-order chi connectivity index (χ1) is 8.61. The van der Waals surface area contributed by atoms with E-state index in [1.165, 1.54) is 27.8 Å². The Balaban J connectivity index is 2.30. The van der Waals surface area contributed by atoms with Crippen LogP contribution in [0.2, 0.25) is 0 Å². The van der Waals surface area contributed by atoms with Gasteiger partial charge in [-0.3, -0.25) is 19.8 Å². The van der Waals surface area contributed by atoms with Crippen LogP contribution < -0.4 is 15.8 Å². The summed E-state index contributed by atoms with van der Waals surface area (Å²) in [4.78, 5) is 45.8. The number of hydrogen-bond acceptors (Lipinski definition) is 4. The van der Waals surface area contributed by atoms with Crippen molar-refractivity contribution in [3.8, 4) is 0 Å². The second kappa shape index (κ2) is 4.82. The highest BCUT2D eigenvalue weighted by molar-refractivity contribution is 6.05. The second-order valence-electron chi connectivity index (χ2n) is 3.80. The van der Waals surface area contributed by atoms with Gasteiger partial charge in [0.25, 0.3) is 5.56 Å². The lowest BCUT2D eigenvalue weighted by atomic mass is 10.2. The van der Waals surface area contributed by atoms with Crippen LogP contribution >= 0.6 is 0 Å². The summed E-state index contributed by atoms with van der Waals surface area (Å²) in [6.07, 6.45) is 2.23. The van der Waals surface area contributed by atoms with E-state index in [1.807, 2.05) is 0 Å². The Morgan fingerprint density at radius 3 is 2.72 bits per heavy atom. The van der Waals surface area contributed by atoms with Crippen LogP contribution in [0.4, 0.5) is 10.5 Å². The van der Waals surface area contributed by atoms with Gasteiger partial charge >= 0.3 is 6.03 Å². The summed E-state index contributed by atoms with van der Waals surface area (Å²) in [6.45, 7) is 0.186. The van der Waals surface area contributed by atoms with Crippen LogP contribution in [0.1, 0.15) is 6.42 Å². The molecule has 1 aromatic rings. The minimum Gasteiger partial charge on any atom is -0.306 e. The topological polar surface area (TPSA) is 88.5 Å². The molecule has 0 saturated carbocycles. The van der Waals surface area contributed by atoms with Crippen LogP contribution in [0.5, 0.6) is 0 Å². The minimum absolute atomic E-state index is 0.0684. The Morgan fingerprint density at radius 2 is 2.06 bits per heavy atom. The van der Waals surface area contributed by atoms with Gasteiger partial charge in [-0.25, -0.2) is 4.79 Å². The van der Waals surface area contributed by atoms with Crippen molar-refractivity contribution >= 4 is 23.9 Å². The maximum absolute atomic E-state index is 11.6. The van der Waals surface area contributed by atoms with Crippen molar-refractivity contribution in [1.82, 2.24) is 9.88 Å². The van der Waals surface area contributed by atoms with E-state index in [9.17, 15) is 19.2 Å². The number of carbonyl (C=O) groups is 3. The number of amides is 3. The average Bonchev–Trinajstić information content (AvgIpc) is 2.33. The Hall–Kier alpha value is -2.44. The predicted octanol–water partition coefficient (Wildman–Crippen LogP) is -0.507. The first kappa shape index (κ1) is 12.0. The Labute approximate surface area is 102 Å². The largest absolute Gasteiger partial charge is 0.328 e. The van der Waals surface area contributed by atoms with Gasteiger partial charge in [0.05, 0.1) is 12.2 Å². The highest BCUT2D eigenvalue weighted by atomic mass is 16.2. The molecule has 2 rings (SSSR count). The summed E-state index contributed by atoms with van der Waals surface area (Å²) < 4.78 is 1.20. The van der Waals surface area contributed by atoms with Gasteiger partial charge in [0.15, 0.2) is 0 Å². The molecule has 18 heavy (non-hydrogen) atoms. The highest BCUT2D eigenvalue weighted by Crippen LogP contribution is 2.14. The fourth-order valence-corrected chi connectivity index (χ4v) is 1.71. The molecule has 0 spiro atoms. The molecule has 1 aliphatic rings. The van der Waals surface area contributed by atoms with Gasteiger partial charge < -0.3 is 9.36 Å². The monoisotopic (exact) mass is 249 g/mol. The van der Waals surface area contributed by atoms with Crippen molar-refractivity contribution in [2.75, 3.05) is 11.4 Å². The zero-order valence-corrected chi connectivity index (χ0v) is 9.46. The molecule has 0 aliphatic carbocycles. The summed E-state index contributed by atoms with van der Waals surface area (Å²) in [6, 6.07) is 2.24. The fraction of sp³-hybridized carbons (Fsp3) is 0.273. The number of carbonyl (C=O) groups excluding carboxylic acids is 3. The molecule has 1 aromatic heterocycles. The molecule has 0 aromatic carbocycles. The molecule has 1 aliphatic heterocycles. The van der Waals surface area contributed by atoms with Crippen molar-refractivity contribution in [3.05, 3.63) is 28.7 Å². The quantitative estimate of drug-likeness (QED) is 0.731. The summed E-state index contributed by atoms with van der Waals surface area (Å²) in [5.74, 6) is -0.322. The van der Waals surface area contributed by atoms with Crippen LogP contribution in [-0.4, -0.2) is 29.3 Å². The van der Waals surface area contributed by atoms with Crippen LogP contribution in [-0.2, 0) is 16.1 Å². The number of aldehydes is 1. The van der Waals surface area contributed by atoms with E-state index in [2.05, 4.69) is 5.32 Å². The van der Waals surface area contributed by atoms with E-state index < -0.39 is 6.03 Å². The number of hydrogen-bond donors (Lipinski definition) is 1. The minimum atomic E-state index is -0.525. The van der Waals surface area contributed by atoms with E-state index in [1.54, 1.807) is 0 Å².